The van der Waals surface area contributed by atoms with E-state index in [0.29, 0.717) is 6.42 Å². The molecule has 0 spiro atoms. The molecule has 0 aromatic rings. The number of hydrogen-bond acceptors (Lipinski definition) is 8. The molecular weight excluding hydrogens is 959 g/mol. The maximum absolute atomic E-state index is 13.1. The summed E-state index contributed by atoms with van der Waals surface area (Å²) >= 11 is 0. The first kappa shape index (κ1) is 73.2. The highest BCUT2D eigenvalue weighted by Gasteiger charge is 2.44. The predicted octanol–water partition coefficient (Wildman–Crippen LogP) is 17.6. The van der Waals surface area contributed by atoms with Gasteiger partial charge in [-0.25, -0.2) is 0 Å². The molecule has 0 aliphatic carbocycles. The fraction of sp³-hybridized carbons (Fsp3) is 0.868. The standard InChI is InChI=1S/C68H127NO8/c1-3-5-7-9-11-13-15-17-19-21-23-24-25-26-27-28-29-30-31-32-33-34-35-36-37-38-40-42-44-46-48-50-52-54-56-58-64(72)69-61(60-76-68-67(75)66(74)65(73)63(59-70)77-68)62(71)57-55-53-51-49-47-45-43-41-39-22-20-18-16-14-12-10-8-6-4-2/h15,17,21,23,25-26,55,57,61-63,65-68,70-71,73-75H,3-14,16,18-20,22,24,27-54,56,58-60H2,1-2H3,(H,69,72)/b17-15-,23-21-,26-25-,57-55+. The largest absolute Gasteiger partial charge is 0.394 e. The SMILES string of the molecule is CCCCCCC/C=C\C/C=C\C/C=C\CCCCCCCCCCCCCCCCCCCCCCC(=O)NC(COC1OC(CO)C(O)C(O)C1O)C(O)/C=C/CCCCCCCCCCCCCCCCCCC. The summed E-state index contributed by atoms with van der Waals surface area (Å²) in [5.74, 6) is -0.172. The van der Waals surface area contributed by atoms with Crippen molar-refractivity contribution in [2.75, 3.05) is 13.2 Å². The topological polar surface area (TPSA) is 149 Å². The van der Waals surface area contributed by atoms with E-state index in [1.807, 2.05) is 6.08 Å². The molecule has 1 heterocycles. The van der Waals surface area contributed by atoms with Crippen LogP contribution in [0, 0.1) is 0 Å². The highest BCUT2D eigenvalue weighted by Crippen LogP contribution is 2.23. The van der Waals surface area contributed by atoms with Gasteiger partial charge in [-0.1, -0.05) is 306 Å². The van der Waals surface area contributed by atoms with Crippen LogP contribution in [0.3, 0.4) is 0 Å². The zero-order valence-electron chi connectivity index (χ0n) is 50.5. The number of allylic oxidation sites excluding steroid dienone is 7. The molecule has 0 radical (unpaired) electrons. The molecular formula is C68H127NO8. The van der Waals surface area contributed by atoms with Crippen molar-refractivity contribution < 1.29 is 39.8 Å². The molecule has 1 aliphatic heterocycles. The fourth-order valence-corrected chi connectivity index (χ4v) is 10.6. The minimum Gasteiger partial charge on any atom is -0.394 e. The summed E-state index contributed by atoms with van der Waals surface area (Å²) in [6, 6.07) is -0.805. The van der Waals surface area contributed by atoms with E-state index in [1.54, 1.807) is 6.08 Å². The van der Waals surface area contributed by atoms with Gasteiger partial charge in [0.2, 0.25) is 5.91 Å². The molecule has 6 N–H and O–H groups in total. The second-order valence-electron chi connectivity index (χ2n) is 23.3. The van der Waals surface area contributed by atoms with Crippen molar-refractivity contribution >= 4 is 5.91 Å². The summed E-state index contributed by atoms with van der Waals surface area (Å²) in [6.07, 6.45) is 70.6. The summed E-state index contributed by atoms with van der Waals surface area (Å²) in [4.78, 5) is 13.1. The Bertz CT molecular complexity index is 1350. The van der Waals surface area contributed by atoms with E-state index in [-0.39, 0.29) is 12.5 Å². The van der Waals surface area contributed by atoms with Crippen LogP contribution in [0.2, 0.25) is 0 Å². The summed E-state index contributed by atoms with van der Waals surface area (Å²) in [5, 5.41) is 54.7. The van der Waals surface area contributed by atoms with Crippen LogP contribution in [0.4, 0.5) is 0 Å². The lowest BCUT2D eigenvalue weighted by Gasteiger charge is -2.40. The van der Waals surface area contributed by atoms with E-state index < -0.39 is 49.5 Å². The monoisotopic (exact) mass is 1090 g/mol. The smallest absolute Gasteiger partial charge is 0.220 e. The number of ether oxygens (including phenoxy) is 2. The fourth-order valence-electron chi connectivity index (χ4n) is 10.6. The summed E-state index contributed by atoms with van der Waals surface area (Å²) in [7, 11) is 0. The normalized spacial score (nSPS) is 19.0. The number of carbonyl (C=O) groups excluding carboxylic acids is 1. The van der Waals surface area contributed by atoms with Crippen LogP contribution in [0.1, 0.15) is 322 Å². The third kappa shape index (κ3) is 46.5. The minimum atomic E-state index is -1.57. The summed E-state index contributed by atoms with van der Waals surface area (Å²) in [5.41, 5.74) is 0. The number of unbranched alkanes of at least 4 members (excludes halogenated alkanes) is 42. The molecule has 1 saturated heterocycles. The number of amides is 1. The van der Waals surface area contributed by atoms with Crippen LogP contribution in [0.25, 0.3) is 0 Å². The molecule has 0 aromatic carbocycles. The molecule has 0 bridgehead atoms. The molecule has 1 fully saturated rings. The van der Waals surface area contributed by atoms with E-state index in [4.69, 9.17) is 9.47 Å². The summed E-state index contributed by atoms with van der Waals surface area (Å²) in [6.45, 7) is 3.80. The lowest BCUT2D eigenvalue weighted by Crippen LogP contribution is -2.60. The van der Waals surface area contributed by atoms with Gasteiger partial charge in [0.15, 0.2) is 6.29 Å². The van der Waals surface area contributed by atoms with Gasteiger partial charge in [0, 0.05) is 6.42 Å². The Labute approximate surface area is 475 Å². The Morgan fingerprint density at radius 3 is 1.13 bits per heavy atom. The third-order valence-electron chi connectivity index (χ3n) is 15.9. The first-order valence-corrected chi connectivity index (χ1v) is 33.4. The number of nitrogens with one attached hydrogen (secondary N) is 1. The lowest BCUT2D eigenvalue weighted by atomic mass is 9.99. The molecule has 1 rings (SSSR count). The maximum Gasteiger partial charge on any atom is 0.220 e. The van der Waals surface area contributed by atoms with Crippen LogP contribution in [0.5, 0.6) is 0 Å². The third-order valence-corrected chi connectivity index (χ3v) is 15.9. The molecule has 0 aromatic heterocycles. The number of rotatable bonds is 58. The van der Waals surface area contributed by atoms with Crippen molar-refractivity contribution in [3.05, 3.63) is 48.6 Å². The average Bonchev–Trinajstić information content (AvgIpc) is 3.43. The summed E-state index contributed by atoms with van der Waals surface area (Å²) < 4.78 is 11.3. The van der Waals surface area contributed by atoms with E-state index in [2.05, 4.69) is 55.6 Å². The highest BCUT2D eigenvalue weighted by molar-refractivity contribution is 5.76. The average molecular weight is 1090 g/mol. The van der Waals surface area contributed by atoms with Gasteiger partial charge < -0.3 is 40.3 Å². The molecule has 1 amide bonds. The van der Waals surface area contributed by atoms with E-state index in [1.165, 1.54) is 250 Å². The number of aliphatic hydroxyl groups is 5. The van der Waals surface area contributed by atoms with Crippen LogP contribution in [-0.2, 0) is 14.3 Å². The second kappa shape index (κ2) is 57.4. The Morgan fingerprint density at radius 1 is 0.442 bits per heavy atom. The molecule has 1 aliphatic rings. The molecule has 0 saturated carbocycles. The lowest BCUT2D eigenvalue weighted by molar-refractivity contribution is -0.302. The number of hydrogen-bond donors (Lipinski definition) is 6. The minimum absolute atomic E-state index is 0.172. The second-order valence-corrected chi connectivity index (χ2v) is 23.3. The van der Waals surface area contributed by atoms with Gasteiger partial charge in [0.25, 0.3) is 0 Å². The van der Waals surface area contributed by atoms with Crippen LogP contribution in [0.15, 0.2) is 48.6 Å². The quantitative estimate of drug-likeness (QED) is 0.0261. The van der Waals surface area contributed by atoms with Crippen molar-refractivity contribution in [1.29, 1.82) is 0 Å². The van der Waals surface area contributed by atoms with Crippen LogP contribution < -0.4 is 5.32 Å². The van der Waals surface area contributed by atoms with Crippen molar-refractivity contribution in [3.63, 3.8) is 0 Å². The number of aliphatic hydroxyl groups excluding tert-OH is 5. The van der Waals surface area contributed by atoms with Gasteiger partial charge >= 0.3 is 0 Å². The molecule has 9 heteroatoms. The van der Waals surface area contributed by atoms with Gasteiger partial charge in [-0.05, 0) is 57.8 Å². The Morgan fingerprint density at radius 2 is 0.766 bits per heavy atom. The van der Waals surface area contributed by atoms with Gasteiger partial charge in [-0.2, -0.15) is 0 Å². The first-order valence-electron chi connectivity index (χ1n) is 33.4. The molecule has 7 unspecified atom stereocenters. The van der Waals surface area contributed by atoms with Crippen LogP contribution in [-0.4, -0.2) is 87.5 Å². The highest BCUT2D eigenvalue weighted by atomic mass is 16.7. The van der Waals surface area contributed by atoms with Gasteiger partial charge in [0.05, 0.1) is 25.4 Å². The van der Waals surface area contributed by atoms with E-state index in [9.17, 15) is 30.3 Å². The maximum atomic E-state index is 13.1. The van der Waals surface area contributed by atoms with E-state index >= 15 is 0 Å². The van der Waals surface area contributed by atoms with Crippen molar-refractivity contribution in [2.45, 2.75) is 365 Å². The van der Waals surface area contributed by atoms with Gasteiger partial charge in [0.1, 0.15) is 24.4 Å². The zero-order valence-corrected chi connectivity index (χ0v) is 50.5. The number of carbonyl (C=O) groups is 1. The van der Waals surface area contributed by atoms with Crippen molar-refractivity contribution in [2.24, 2.45) is 0 Å². The first-order chi connectivity index (χ1) is 37.8. The molecule has 452 valence electrons. The molecule has 9 nitrogen and oxygen atoms in total. The molecule has 77 heavy (non-hydrogen) atoms. The van der Waals surface area contributed by atoms with Crippen molar-refractivity contribution in [3.8, 4) is 0 Å². The van der Waals surface area contributed by atoms with E-state index in [0.717, 1.165) is 51.4 Å². The Hall–Kier alpha value is -1.85. The Balaban J connectivity index is 2.11. The van der Waals surface area contributed by atoms with Crippen LogP contribution >= 0.6 is 0 Å². The zero-order chi connectivity index (χ0) is 55.8. The van der Waals surface area contributed by atoms with Gasteiger partial charge in [-0.15, -0.1) is 0 Å². The van der Waals surface area contributed by atoms with Gasteiger partial charge in [-0.3, -0.25) is 4.79 Å². The molecule has 7 atom stereocenters. The van der Waals surface area contributed by atoms with Crippen molar-refractivity contribution in [1.82, 2.24) is 5.32 Å². The predicted molar refractivity (Wildman–Crippen MR) is 327 cm³/mol. The Kier molecular flexibility index (Phi) is 54.5.